The Balaban J connectivity index is 1.47. The summed E-state index contributed by atoms with van der Waals surface area (Å²) in [6, 6.07) is 2.23. The van der Waals surface area contributed by atoms with Gasteiger partial charge in [0.05, 0.1) is 22.5 Å². The predicted molar refractivity (Wildman–Crippen MR) is 107 cm³/mol. The molecule has 1 saturated carbocycles. The lowest BCUT2D eigenvalue weighted by atomic mass is 9.78. The molecule has 2 aromatic heterocycles. The molecule has 2 heterocycles. The van der Waals surface area contributed by atoms with E-state index in [4.69, 9.17) is 0 Å². The third kappa shape index (κ3) is 3.52. The van der Waals surface area contributed by atoms with E-state index in [2.05, 4.69) is 27.9 Å². The number of nitrogens with one attached hydrogen (secondary N) is 2. The lowest BCUT2D eigenvalue weighted by molar-refractivity contribution is -0.130. The van der Waals surface area contributed by atoms with E-state index in [1.54, 1.807) is 4.68 Å². The van der Waals surface area contributed by atoms with E-state index in [0.717, 1.165) is 48.0 Å². The molecule has 2 aliphatic rings. The van der Waals surface area contributed by atoms with Gasteiger partial charge in [-0.15, -0.1) is 11.3 Å². The SMILES string of the molecule is Cn1nc(CNC(=O)C2(C)CC=CCC2)c2cc(C(=O)NC3CCC3)sc21. The topological polar surface area (TPSA) is 76.0 Å². The van der Waals surface area contributed by atoms with Crippen molar-refractivity contribution in [1.29, 1.82) is 0 Å². The second-order valence-electron chi connectivity index (χ2n) is 7.96. The molecular formula is C20H26N4O2S. The van der Waals surface area contributed by atoms with Crippen molar-refractivity contribution in [3.8, 4) is 0 Å². The van der Waals surface area contributed by atoms with Crippen molar-refractivity contribution in [3.63, 3.8) is 0 Å². The Hall–Kier alpha value is -2.15. The number of hydrogen-bond donors (Lipinski definition) is 2. The molecule has 2 N–H and O–H groups in total. The van der Waals surface area contributed by atoms with Gasteiger partial charge in [0.2, 0.25) is 5.91 Å². The number of thiophene rings is 1. The highest BCUT2D eigenvalue weighted by Crippen LogP contribution is 2.33. The second-order valence-corrected chi connectivity index (χ2v) is 8.99. The fraction of sp³-hybridized carbons (Fsp3) is 0.550. The van der Waals surface area contributed by atoms with Crippen LogP contribution in [0.5, 0.6) is 0 Å². The summed E-state index contributed by atoms with van der Waals surface area (Å²) in [5.74, 6) is 0.0706. The first-order valence-electron chi connectivity index (χ1n) is 9.66. The molecule has 7 heteroatoms. The Morgan fingerprint density at radius 3 is 2.85 bits per heavy atom. The van der Waals surface area contributed by atoms with E-state index in [1.807, 2.05) is 20.0 Å². The zero-order chi connectivity index (χ0) is 19.0. The maximum absolute atomic E-state index is 12.7. The van der Waals surface area contributed by atoms with E-state index < -0.39 is 0 Å². The van der Waals surface area contributed by atoms with Crippen molar-refractivity contribution in [2.45, 2.75) is 58.0 Å². The first-order chi connectivity index (χ1) is 13.0. The van der Waals surface area contributed by atoms with Gasteiger partial charge in [-0.25, -0.2) is 0 Å². The monoisotopic (exact) mass is 386 g/mol. The lowest BCUT2D eigenvalue weighted by Gasteiger charge is -2.29. The van der Waals surface area contributed by atoms with E-state index in [-0.39, 0.29) is 17.2 Å². The number of carbonyl (C=O) groups is 2. The van der Waals surface area contributed by atoms with Crippen molar-refractivity contribution in [1.82, 2.24) is 20.4 Å². The maximum Gasteiger partial charge on any atom is 0.261 e. The third-order valence-corrected chi connectivity index (χ3v) is 7.02. The van der Waals surface area contributed by atoms with Crippen LogP contribution in [0.2, 0.25) is 0 Å². The minimum Gasteiger partial charge on any atom is -0.350 e. The number of allylic oxidation sites excluding steroid dienone is 2. The normalized spacial score (nSPS) is 22.6. The van der Waals surface area contributed by atoms with Gasteiger partial charge in [-0.3, -0.25) is 14.3 Å². The zero-order valence-electron chi connectivity index (χ0n) is 15.9. The Bertz CT molecular complexity index is 909. The van der Waals surface area contributed by atoms with E-state index in [9.17, 15) is 9.59 Å². The Labute approximate surface area is 163 Å². The fourth-order valence-electron chi connectivity index (χ4n) is 3.71. The van der Waals surface area contributed by atoms with Crippen LogP contribution >= 0.6 is 11.3 Å². The molecule has 1 unspecified atom stereocenters. The van der Waals surface area contributed by atoms with Crippen LogP contribution < -0.4 is 10.6 Å². The van der Waals surface area contributed by atoms with Crippen LogP contribution in [0.25, 0.3) is 10.2 Å². The molecule has 27 heavy (non-hydrogen) atoms. The highest BCUT2D eigenvalue weighted by molar-refractivity contribution is 7.20. The number of aryl methyl sites for hydroxylation is 1. The Morgan fingerprint density at radius 2 is 2.19 bits per heavy atom. The molecule has 1 fully saturated rings. The largest absolute Gasteiger partial charge is 0.350 e. The summed E-state index contributed by atoms with van der Waals surface area (Å²) in [5.41, 5.74) is 0.472. The molecule has 0 spiro atoms. The van der Waals surface area contributed by atoms with Gasteiger partial charge in [-0.1, -0.05) is 19.1 Å². The molecule has 0 bridgehead atoms. The predicted octanol–water partition coefficient (Wildman–Crippen LogP) is 3.28. The van der Waals surface area contributed by atoms with Crippen molar-refractivity contribution in [2.24, 2.45) is 12.5 Å². The third-order valence-electron chi connectivity index (χ3n) is 5.81. The number of hydrogen-bond acceptors (Lipinski definition) is 4. The fourth-order valence-corrected chi connectivity index (χ4v) is 4.71. The van der Waals surface area contributed by atoms with Crippen LogP contribution in [0, 0.1) is 5.41 Å². The lowest BCUT2D eigenvalue weighted by Crippen LogP contribution is -2.39. The number of fused-ring (bicyclic) bond motifs is 1. The molecule has 4 rings (SSSR count). The van der Waals surface area contributed by atoms with Gasteiger partial charge in [-0.05, 0) is 44.6 Å². The summed E-state index contributed by atoms with van der Waals surface area (Å²) in [5, 5.41) is 11.6. The number of amides is 2. The van der Waals surface area contributed by atoms with Gasteiger partial charge >= 0.3 is 0 Å². The van der Waals surface area contributed by atoms with Crippen molar-refractivity contribution in [2.75, 3.05) is 0 Å². The van der Waals surface area contributed by atoms with Gasteiger partial charge < -0.3 is 10.6 Å². The van der Waals surface area contributed by atoms with Crippen LogP contribution in [-0.4, -0.2) is 27.6 Å². The number of nitrogens with zero attached hydrogens (tertiary/aromatic N) is 2. The van der Waals surface area contributed by atoms with E-state index >= 15 is 0 Å². The summed E-state index contributed by atoms with van der Waals surface area (Å²) in [7, 11) is 1.88. The molecule has 1 atom stereocenters. The van der Waals surface area contributed by atoms with Crippen LogP contribution in [0.1, 0.15) is 60.8 Å². The van der Waals surface area contributed by atoms with Gasteiger partial charge in [0.1, 0.15) is 4.83 Å². The quantitative estimate of drug-likeness (QED) is 0.774. The Morgan fingerprint density at radius 1 is 1.37 bits per heavy atom. The van der Waals surface area contributed by atoms with Crippen LogP contribution in [-0.2, 0) is 18.4 Å². The number of rotatable bonds is 5. The summed E-state index contributed by atoms with van der Waals surface area (Å²) >= 11 is 1.46. The molecule has 2 amide bonds. The number of aromatic nitrogens is 2. The smallest absolute Gasteiger partial charge is 0.261 e. The zero-order valence-corrected chi connectivity index (χ0v) is 16.7. The van der Waals surface area contributed by atoms with Crippen molar-refractivity contribution < 1.29 is 9.59 Å². The molecule has 6 nitrogen and oxygen atoms in total. The van der Waals surface area contributed by atoms with Gasteiger partial charge in [0.15, 0.2) is 0 Å². The van der Waals surface area contributed by atoms with Crippen LogP contribution in [0.4, 0.5) is 0 Å². The standard InChI is InChI=1S/C20H26N4O2S/c1-20(9-4-3-5-10-20)19(26)21-12-15-14-11-16(27-18(14)24(2)23-15)17(25)22-13-7-6-8-13/h3-4,11,13H,5-10,12H2,1-2H3,(H,21,26)(H,22,25). The molecule has 0 radical (unpaired) electrons. The summed E-state index contributed by atoms with van der Waals surface area (Å²) < 4.78 is 1.80. The molecule has 0 aliphatic heterocycles. The number of carbonyl (C=O) groups excluding carboxylic acids is 2. The summed E-state index contributed by atoms with van der Waals surface area (Å²) in [6.07, 6.45) is 10.2. The molecule has 2 aromatic rings. The first kappa shape index (κ1) is 18.2. The molecular weight excluding hydrogens is 360 g/mol. The van der Waals surface area contributed by atoms with E-state index in [0.29, 0.717) is 17.5 Å². The van der Waals surface area contributed by atoms with Crippen LogP contribution in [0.3, 0.4) is 0 Å². The van der Waals surface area contributed by atoms with Crippen molar-refractivity contribution >= 4 is 33.4 Å². The minimum absolute atomic E-state index is 0.00242. The van der Waals surface area contributed by atoms with Crippen molar-refractivity contribution in [3.05, 3.63) is 28.8 Å². The first-order valence-corrected chi connectivity index (χ1v) is 10.5. The van der Waals surface area contributed by atoms with E-state index in [1.165, 1.54) is 17.8 Å². The minimum atomic E-state index is -0.342. The highest BCUT2D eigenvalue weighted by Gasteiger charge is 2.33. The molecule has 144 valence electrons. The van der Waals surface area contributed by atoms with Gasteiger partial charge in [0.25, 0.3) is 5.91 Å². The average molecular weight is 387 g/mol. The highest BCUT2D eigenvalue weighted by atomic mass is 32.1. The molecule has 2 aliphatic carbocycles. The van der Waals surface area contributed by atoms with Gasteiger partial charge in [-0.2, -0.15) is 5.10 Å². The van der Waals surface area contributed by atoms with Crippen LogP contribution in [0.15, 0.2) is 18.2 Å². The Kier molecular flexibility index (Phi) is 4.80. The second kappa shape index (κ2) is 7.11. The maximum atomic E-state index is 12.7. The summed E-state index contributed by atoms with van der Waals surface area (Å²) in [4.78, 5) is 26.8. The average Bonchev–Trinajstić information content (AvgIpc) is 3.18. The molecule has 0 aromatic carbocycles. The molecule has 0 saturated heterocycles. The summed E-state index contributed by atoms with van der Waals surface area (Å²) in [6.45, 7) is 2.41. The van der Waals surface area contributed by atoms with Gasteiger partial charge in [0, 0.05) is 18.5 Å².